The van der Waals surface area contributed by atoms with Crippen molar-refractivity contribution in [2.24, 2.45) is 5.73 Å². The fraction of sp³-hybridized carbons (Fsp3) is 0.500. The molecule has 98 valence electrons. The molecule has 0 radical (unpaired) electrons. The molecule has 4 heteroatoms. The Morgan fingerprint density at radius 3 is 2.67 bits per heavy atom. The van der Waals surface area contributed by atoms with E-state index in [0.717, 1.165) is 31.2 Å². The van der Waals surface area contributed by atoms with Crippen LogP contribution in [0.15, 0.2) is 18.2 Å². The number of para-hydroxylation sites is 1. The van der Waals surface area contributed by atoms with E-state index in [1.807, 2.05) is 12.1 Å². The molecule has 1 saturated carbocycles. The van der Waals surface area contributed by atoms with Gasteiger partial charge in [-0.2, -0.15) is 0 Å². The molecule has 1 aliphatic rings. The lowest BCUT2D eigenvalue weighted by Crippen LogP contribution is -2.33. The number of carbonyl (C=O) groups is 1. The number of hydrogen-bond acceptors (Lipinski definition) is 3. The normalized spacial score (nSPS) is 17.7. The summed E-state index contributed by atoms with van der Waals surface area (Å²) in [5, 5.41) is 12.7. The fourth-order valence-electron chi connectivity index (χ4n) is 2.92. The minimum absolute atomic E-state index is 0.101. The standard InChI is InChI=1S/C14H20N2O2/c1-10(17)16-13-11(5-4-6-12(13)18)14(9-15)7-2-3-8-14/h4-6,18H,2-3,7-9,15H2,1H3,(H,16,17). The van der Waals surface area contributed by atoms with E-state index in [9.17, 15) is 9.90 Å². The first-order valence-corrected chi connectivity index (χ1v) is 6.39. The first-order chi connectivity index (χ1) is 8.59. The minimum atomic E-state index is -0.178. The Kier molecular flexibility index (Phi) is 3.57. The molecule has 4 N–H and O–H groups in total. The van der Waals surface area contributed by atoms with E-state index < -0.39 is 0 Å². The number of benzene rings is 1. The zero-order valence-corrected chi connectivity index (χ0v) is 10.7. The van der Waals surface area contributed by atoms with Gasteiger partial charge in [0.25, 0.3) is 0 Å². The molecule has 0 spiro atoms. The molecule has 0 aromatic heterocycles. The van der Waals surface area contributed by atoms with E-state index in [0.29, 0.717) is 12.2 Å². The number of amides is 1. The SMILES string of the molecule is CC(=O)Nc1c(O)cccc1C1(CN)CCCC1. The highest BCUT2D eigenvalue weighted by molar-refractivity contribution is 5.91. The first kappa shape index (κ1) is 12.9. The Morgan fingerprint density at radius 1 is 1.44 bits per heavy atom. The van der Waals surface area contributed by atoms with Gasteiger partial charge in [0.1, 0.15) is 5.75 Å². The number of rotatable bonds is 3. The summed E-state index contributed by atoms with van der Waals surface area (Å²) < 4.78 is 0. The van der Waals surface area contributed by atoms with Crippen LogP contribution in [0.3, 0.4) is 0 Å². The highest BCUT2D eigenvalue weighted by Crippen LogP contribution is 2.45. The van der Waals surface area contributed by atoms with Crippen LogP contribution in [0.1, 0.15) is 38.2 Å². The molecule has 1 fully saturated rings. The predicted molar refractivity (Wildman–Crippen MR) is 71.6 cm³/mol. The fourth-order valence-corrected chi connectivity index (χ4v) is 2.92. The molecule has 1 aromatic carbocycles. The molecular formula is C14H20N2O2. The van der Waals surface area contributed by atoms with Crippen LogP contribution in [0, 0.1) is 0 Å². The lowest BCUT2D eigenvalue weighted by molar-refractivity contribution is -0.114. The number of phenols is 1. The van der Waals surface area contributed by atoms with Crippen molar-refractivity contribution in [1.29, 1.82) is 0 Å². The molecule has 1 amide bonds. The maximum Gasteiger partial charge on any atom is 0.221 e. The second-order valence-electron chi connectivity index (χ2n) is 5.07. The minimum Gasteiger partial charge on any atom is -0.506 e. The Balaban J connectivity index is 2.48. The zero-order chi connectivity index (χ0) is 13.2. The second-order valence-corrected chi connectivity index (χ2v) is 5.07. The van der Waals surface area contributed by atoms with Crippen LogP contribution >= 0.6 is 0 Å². The van der Waals surface area contributed by atoms with Gasteiger partial charge in [0.2, 0.25) is 5.91 Å². The summed E-state index contributed by atoms with van der Waals surface area (Å²) in [7, 11) is 0. The average Bonchev–Trinajstić information content (AvgIpc) is 2.81. The van der Waals surface area contributed by atoms with E-state index >= 15 is 0 Å². The van der Waals surface area contributed by atoms with E-state index in [2.05, 4.69) is 5.32 Å². The molecule has 0 atom stereocenters. The van der Waals surface area contributed by atoms with Crippen molar-refractivity contribution in [3.05, 3.63) is 23.8 Å². The van der Waals surface area contributed by atoms with Gasteiger partial charge in [-0.1, -0.05) is 25.0 Å². The Bertz CT molecular complexity index is 451. The van der Waals surface area contributed by atoms with Gasteiger partial charge < -0.3 is 16.2 Å². The van der Waals surface area contributed by atoms with Crippen LogP contribution in [0.4, 0.5) is 5.69 Å². The third-order valence-electron chi connectivity index (χ3n) is 3.87. The Morgan fingerprint density at radius 2 is 2.11 bits per heavy atom. The summed E-state index contributed by atoms with van der Waals surface area (Å²) in [5.74, 6) is -0.0645. The zero-order valence-electron chi connectivity index (χ0n) is 10.7. The van der Waals surface area contributed by atoms with Crippen LogP contribution in [0.2, 0.25) is 0 Å². The van der Waals surface area contributed by atoms with Crippen molar-refractivity contribution in [3.8, 4) is 5.75 Å². The summed E-state index contributed by atoms with van der Waals surface area (Å²) in [6.45, 7) is 1.99. The number of carbonyl (C=O) groups excluding carboxylic acids is 1. The number of anilines is 1. The summed E-state index contributed by atoms with van der Waals surface area (Å²) >= 11 is 0. The van der Waals surface area contributed by atoms with Crippen LogP contribution in [0.25, 0.3) is 0 Å². The van der Waals surface area contributed by atoms with Gasteiger partial charge in [-0.05, 0) is 24.5 Å². The van der Waals surface area contributed by atoms with E-state index in [1.54, 1.807) is 6.07 Å². The third-order valence-corrected chi connectivity index (χ3v) is 3.87. The van der Waals surface area contributed by atoms with Crippen molar-refractivity contribution < 1.29 is 9.90 Å². The number of nitrogens with two attached hydrogens (primary N) is 1. The molecule has 0 heterocycles. The van der Waals surface area contributed by atoms with E-state index in [1.165, 1.54) is 6.92 Å². The summed E-state index contributed by atoms with van der Waals surface area (Å²) in [6, 6.07) is 5.36. The second kappa shape index (κ2) is 4.98. The number of nitrogens with one attached hydrogen (secondary N) is 1. The molecule has 1 aromatic rings. The molecule has 4 nitrogen and oxygen atoms in total. The number of aromatic hydroxyl groups is 1. The van der Waals surface area contributed by atoms with Crippen molar-refractivity contribution in [2.75, 3.05) is 11.9 Å². The quantitative estimate of drug-likeness (QED) is 0.717. The Labute approximate surface area is 107 Å². The highest BCUT2D eigenvalue weighted by atomic mass is 16.3. The van der Waals surface area contributed by atoms with Crippen molar-refractivity contribution in [3.63, 3.8) is 0 Å². The van der Waals surface area contributed by atoms with E-state index in [-0.39, 0.29) is 17.1 Å². The average molecular weight is 248 g/mol. The molecular weight excluding hydrogens is 228 g/mol. The first-order valence-electron chi connectivity index (χ1n) is 6.39. The van der Waals surface area contributed by atoms with Gasteiger partial charge in [-0.25, -0.2) is 0 Å². The van der Waals surface area contributed by atoms with Gasteiger partial charge in [-0.3, -0.25) is 4.79 Å². The molecule has 0 unspecified atom stereocenters. The van der Waals surface area contributed by atoms with Crippen LogP contribution < -0.4 is 11.1 Å². The molecule has 0 saturated heterocycles. The topological polar surface area (TPSA) is 75.3 Å². The lowest BCUT2D eigenvalue weighted by atomic mass is 9.78. The smallest absolute Gasteiger partial charge is 0.221 e. The molecule has 2 rings (SSSR count). The van der Waals surface area contributed by atoms with Gasteiger partial charge in [0, 0.05) is 18.9 Å². The van der Waals surface area contributed by atoms with Gasteiger partial charge in [0.05, 0.1) is 5.69 Å². The maximum atomic E-state index is 11.3. The monoisotopic (exact) mass is 248 g/mol. The highest BCUT2D eigenvalue weighted by Gasteiger charge is 2.36. The van der Waals surface area contributed by atoms with Gasteiger partial charge in [-0.15, -0.1) is 0 Å². The van der Waals surface area contributed by atoms with Gasteiger partial charge in [0.15, 0.2) is 0 Å². The van der Waals surface area contributed by atoms with Crippen LogP contribution in [-0.4, -0.2) is 17.6 Å². The maximum absolute atomic E-state index is 11.3. The van der Waals surface area contributed by atoms with E-state index in [4.69, 9.17) is 5.73 Å². The van der Waals surface area contributed by atoms with Crippen molar-refractivity contribution >= 4 is 11.6 Å². The number of phenolic OH excluding ortho intramolecular Hbond substituents is 1. The third kappa shape index (κ3) is 2.20. The van der Waals surface area contributed by atoms with Gasteiger partial charge >= 0.3 is 0 Å². The molecule has 18 heavy (non-hydrogen) atoms. The molecule has 0 bridgehead atoms. The summed E-state index contributed by atoms with van der Waals surface area (Å²) in [5.41, 5.74) is 7.35. The van der Waals surface area contributed by atoms with Crippen molar-refractivity contribution in [2.45, 2.75) is 38.0 Å². The lowest BCUT2D eigenvalue weighted by Gasteiger charge is -2.30. The number of hydrogen-bond donors (Lipinski definition) is 3. The molecule has 1 aliphatic carbocycles. The largest absolute Gasteiger partial charge is 0.506 e. The molecule has 0 aliphatic heterocycles. The van der Waals surface area contributed by atoms with Crippen molar-refractivity contribution in [1.82, 2.24) is 0 Å². The van der Waals surface area contributed by atoms with Crippen LogP contribution in [-0.2, 0) is 10.2 Å². The predicted octanol–water partition coefficient (Wildman–Crippen LogP) is 2.12. The summed E-state index contributed by atoms with van der Waals surface area (Å²) in [6.07, 6.45) is 4.32. The Hall–Kier alpha value is -1.55. The summed E-state index contributed by atoms with van der Waals surface area (Å²) in [4.78, 5) is 11.3. The van der Waals surface area contributed by atoms with Crippen LogP contribution in [0.5, 0.6) is 5.75 Å².